The van der Waals surface area contributed by atoms with Gasteiger partial charge in [-0.15, -0.1) is 0 Å². The summed E-state index contributed by atoms with van der Waals surface area (Å²) in [5.41, 5.74) is -0.599. The number of aromatic nitrogens is 1. The number of piperidine rings is 1. The summed E-state index contributed by atoms with van der Waals surface area (Å²) in [6.45, 7) is 4.70. The molecule has 0 spiro atoms. The third kappa shape index (κ3) is 4.48. The minimum absolute atomic E-state index is 0.00852. The standard InChI is InChI=1S/C18H26N2O5/c1-4-13(2)25-15-10-14(6-8-19-15)16(21)20-9-5-7-18(11-20,12-24-3)17(22)23/h6,8,10,13H,4-5,7,9,11-12H2,1-3H3,(H,22,23). The number of amides is 1. The second-order valence-corrected chi connectivity index (χ2v) is 6.57. The van der Waals surface area contributed by atoms with Gasteiger partial charge < -0.3 is 19.5 Å². The molecule has 2 heterocycles. The lowest BCUT2D eigenvalue weighted by Crippen LogP contribution is -2.52. The molecule has 0 saturated carbocycles. The van der Waals surface area contributed by atoms with E-state index in [9.17, 15) is 14.7 Å². The number of carbonyl (C=O) groups is 2. The Morgan fingerprint density at radius 3 is 2.88 bits per heavy atom. The highest BCUT2D eigenvalue weighted by Gasteiger charge is 2.44. The highest BCUT2D eigenvalue weighted by molar-refractivity contribution is 5.95. The number of carboxylic acids is 1. The normalized spacial score (nSPS) is 21.6. The predicted octanol–water partition coefficient (Wildman–Crippen LogP) is 2.21. The summed E-state index contributed by atoms with van der Waals surface area (Å²) in [6, 6.07) is 3.24. The van der Waals surface area contributed by atoms with Crippen LogP contribution in [0.1, 0.15) is 43.5 Å². The lowest BCUT2D eigenvalue weighted by molar-refractivity contribution is -0.155. The molecule has 0 aliphatic carbocycles. The summed E-state index contributed by atoms with van der Waals surface area (Å²) >= 11 is 0. The first-order valence-corrected chi connectivity index (χ1v) is 8.56. The van der Waals surface area contributed by atoms with Gasteiger partial charge in [-0.2, -0.15) is 0 Å². The van der Waals surface area contributed by atoms with E-state index >= 15 is 0 Å². The maximum absolute atomic E-state index is 12.8. The van der Waals surface area contributed by atoms with Crippen molar-refractivity contribution in [1.82, 2.24) is 9.88 Å². The molecule has 7 nitrogen and oxygen atoms in total. The van der Waals surface area contributed by atoms with Crippen LogP contribution in [0.5, 0.6) is 5.88 Å². The molecule has 138 valence electrons. The van der Waals surface area contributed by atoms with Gasteiger partial charge in [0.15, 0.2) is 0 Å². The number of pyridine rings is 1. The predicted molar refractivity (Wildman–Crippen MR) is 91.7 cm³/mol. The van der Waals surface area contributed by atoms with Crippen LogP contribution in [0, 0.1) is 5.41 Å². The lowest BCUT2D eigenvalue weighted by Gasteiger charge is -2.39. The molecule has 1 amide bonds. The van der Waals surface area contributed by atoms with E-state index in [0.717, 1.165) is 6.42 Å². The largest absolute Gasteiger partial charge is 0.481 e. The van der Waals surface area contributed by atoms with Gasteiger partial charge in [-0.25, -0.2) is 4.98 Å². The van der Waals surface area contributed by atoms with Gasteiger partial charge in [0.25, 0.3) is 5.91 Å². The fourth-order valence-electron chi connectivity index (χ4n) is 3.01. The van der Waals surface area contributed by atoms with Crippen molar-refractivity contribution in [2.45, 2.75) is 39.2 Å². The summed E-state index contributed by atoms with van der Waals surface area (Å²) in [6.07, 6.45) is 3.51. The van der Waals surface area contributed by atoms with Crippen molar-refractivity contribution < 1.29 is 24.2 Å². The number of carboxylic acid groups (broad SMARTS) is 1. The summed E-state index contributed by atoms with van der Waals surface area (Å²) < 4.78 is 10.8. The molecule has 2 rings (SSSR count). The molecular formula is C18H26N2O5. The first-order chi connectivity index (χ1) is 11.9. The number of hydrogen-bond acceptors (Lipinski definition) is 5. The van der Waals surface area contributed by atoms with E-state index in [1.165, 1.54) is 13.3 Å². The zero-order valence-corrected chi connectivity index (χ0v) is 15.0. The minimum Gasteiger partial charge on any atom is -0.481 e. The maximum Gasteiger partial charge on any atom is 0.313 e. The van der Waals surface area contributed by atoms with E-state index in [1.54, 1.807) is 17.0 Å². The third-order valence-electron chi connectivity index (χ3n) is 4.62. The molecule has 0 radical (unpaired) electrons. The van der Waals surface area contributed by atoms with Gasteiger partial charge in [0.2, 0.25) is 5.88 Å². The fraction of sp³-hybridized carbons (Fsp3) is 0.611. The Morgan fingerprint density at radius 1 is 1.48 bits per heavy atom. The monoisotopic (exact) mass is 350 g/mol. The Balaban J connectivity index is 2.17. The summed E-state index contributed by atoms with van der Waals surface area (Å²) in [5.74, 6) is -0.737. The summed E-state index contributed by atoms with van der Waals surface area (Å²) in [4.78, 5) is 30.3. The highest BCUT2D eigenvalue weighted by Crippen LogP contribution is 2.31. The van der Waals surface area contributed by atoms with Gasteiger partial charge in [0, 0.05) is 38.0 Å². The number of hydrogen-bond donors (Lipinski definition) is 1. The number of rotatable bonds is 7. The highest BCUT2D eigenvalue weighted by atomic mass is 16.5. The molecule has 2 atom stereocenters. The van der Waals surface area contributed by atoms with Crippen LogP contribution < -0.4 is 4.74 Å². The molecule has 7 heteroatoms. The molecule has 1 saturated heterocycles. The van der Waals surface area contributed by atoms with Crippen molar-refractivity contribution in [2.75, 3.05) is 26.8 Å². The Labute approximate surface area is 147 Å². The number of methoxy groups -OCH3 is 1. The van der Waals surface area contributed by atoms with Gasteiger partial charge in [-0.1, -0.05) is 6.92 Å². The van der Waals surface area contributed by atoms with Crippen LogP contribution in [0.2, 0.25) is 0 Å². The Kier molecular flexibility index (Phi) is 6.36. The molecule has 0 aromatic carbocycles. The van der Waals surface area contributed by atoms with Crippen LogP contribution in [0.15, 0.2) is 18.3 Å². The Bertz CT molecular complexity index is 617. The molecule has 25 heavy (non-hydrogen) atoms. The SMILES string of the molecule is CCC(C)Oc1cc(C(=O)N2CCCC(COC)(C(=O)O)C2)ccn1. The Morgan fingerprint density at radius 2 is 2.24 bits per heavy atom. The van der Waals surface area contributed by atoms with Crippen LogP contribution in [0.4, 0.5) is 0 Å². The quantitative estimate of drug-likeness (QED) is 0.811. The molecule has 1 aliphatic rings. The van der Waals surface area contributed by atoms with E-state index in [0.29, 0.717) is 30.8 Å². The van der Waals surface area contributed by atoms with Gasteiger partial charge in [0.05, 0.1) is 12.7 Å². The molecule has 1 aromatic rings. The van der Waals surface area contributed by atoms with Crippen LogP contribution in [0.3, 0.4) is 0 Å². The molecule has 0 bridgehead atoms. The minimum atomic E-state index is -1.05. The first-order valence-electron chi connectivity index (χ1n) is 8.56. The number of carbonyl (C=O) groups excluding carboxylic acids is 1. The van der Waals surface area contributed by atoms with Crippen LogP contribution >= 0.6 is 0 Å². The van der Waals surface area contributed by atoms with Crippen molar-refractivity contribution in [2.24, 2.45) is 5.41 Å². The van der Waals surface area contributed by atoms with Gasteiger partial charge in [0.1, 0.15) is 5.41 Å². The van der Waals surface area contributed by atoms with E-state index in [2.05, 4.69) is 4.98 Å². The lowest BCUT2D eigenvalue weighted by atomic mass is 9.80. The van der Waals surface area contributed by atoms with Crippen molar-refractivity contribution >= 4 is 11.9 Å². The number of aliphatic carboxylic acids is 1. The zero-order valence-electron chi connectivity index (χ0n) is 15.0. The Hall–Kier alpha value is -2.15. The zero-order chi connectivity index (χ0) is 18.4. The molecule has 1 aliphatic heterocycles. The summed E-state index contributed by atoms with van der Waals surface area (Å²) in [7, 11) is 1.48. The van der Waals surface area contributed by atoms with Gasteiger partial charge in [-0.3, -0.25) is 9.59 Å². The molecule has 2 unspecified atom stereocenters. The number of ether oxygens (including phenoxy) is 2. The van der Waals surface area contributed by atoms with E-state index in [-0.39, 0.29) is 25.2 Å². The second kappa shape index (κ2) is 8.29. The molecule has 1 aromatic heterocycles. The molecule has 1 fully saturated rings. The van der Waals surface area contributed by atoms with Crippen molar-refractivity contribution in [3.8, 4) is 5.88 Å². The molecule has 1 N–H and O–H groups in total. The van der Waals surface area contributed by atoms with E-state index < -0.39 is 11.4 Å². The molecular weight excluding hydrogens is 324 g/mol. The topological polar surface area (TPSA) is 89.0 Å². The number of nitrogens with zero attached hydrogens (tertiary/aromatic N) is 2. The van der Waals surface area contributed by atoms with Gasteiger partial charge >= 0.3 is 5.97 Å². The summed E-state index contributed by atoms with van der Waals surface area (Å²) in [5, 5.41) is 9.61. The third-order valence-corrected chi connectivity index (χ3v) is 4.62. The van der Waals surface area contributed by atoms with Crippen molar-refractivity contribution in [3.05, 3.63) is 23.9 Å². The van der Waals surface area contributed by atoms with Crippen molar-refractivity contribution in [3.63, 3.8) is 0 Å². The van der Waals surface area contributed by atoms with E-state index in [1.807, 2.05) is 13.8 Å². The maximum atomic E-state index is 12.8. The van der Waals surface area contributed by atoms with Crippen LogP contribution in [-0.4, -0.2) is 59.8 Å². The first kappa shape index (κ1) is 19.2. The van der Waals surface area contributed by atoms with E-state index in [4.69, 9.17) is 9.47 Å². The number of likely N-dealkylation sites (tertiary alicyclic amines) is 1. The average Bonchev–Trinajstić information content (AvgIpc) is 2.61. The smallest absolute Gasteiger partial charge is 0.313 e. The van der Waals surface area contributed by atoms with Crippen LogP contribution in [-0.2, 0) is 9.53 Å². The van der Waals surface area contributed by atoms with Crippen molar-refractivity contribution in [1.29, 1.82) is 0 Å². The average molecular weight is 350 g/mol. The second-order valence-electron chi connectivity index (χ2n) is 6.57. The fourth-order valence-corrected chi connectivity index (χ4v) is 3.01. The van der Waals surface area contributed by atoms with Crippen LogP contribution in [0.25, 0.3) is 0 Å². The van der Waals surface area contributed by atoms with Gasteiger partial charge in [-0.05, 0) is 32.3 Å².